The monoisotopic (exact) mass is 520 g/mol. The van der Waals surface area contributed by atoms with Crippen molar-refractivity contribution >= 4 is 22.5 Å². The molecule has 3 aromatic carbocycles. The van der Waals surface area contributed by atoms with Crippen LogP contribution in [0.2, 0.25) is 0 Å². The number of nitrogens with zero attached hydrogens (tertiary/aromatic N) is 2. The summed E-state index contributed by atoms with van der Waals surface area (Å²) in [4.78, 5) is 13.4. The smallest absolute Gasteiger partial charge is 0.363 e. The molecule has 4 aromatic rings. The van der Waals surface area contributed by atoms with E-state index in [0.29, 0.717) is 6.42 Å². The van der Waals surface area contributed by atoms with Gasteiger partial charge in [0, 0.05) is 12.0 Å². The topological polar surface area (TPSA) is 59.0 Å². The van der Waals surface area contributed by atoms with Crippen molar-refractivity contribution in [2.24, 2.45) is 0 Å². The number of fused-ring (bicyclic) bond motifs is 2. The van der Waals surface area contributed by atoms with Crippen LogP contribution in [0.25, 0.3) is 10.8 Å². The van der Waals surface area contributed by atoms with Crippen molar-refractivity contribution in [3.63, 3.8) is 0 Å². The average molecular weight is 521 g/mol. The van der Waals surface area contributed by atoms with Crippen LogP contribution in [0, 0.1) is 0 Å². The van der Waals surface area contributed by atoms with Crippen LogP contribution in [0.3, 0.4) is 0 Å². The number of amides is 1. The van der Waals surface area contributed by atoms with Crippen LogP contribution in [-0.4, -0.2) is 27.4 Å². The van der Waals surface area contributed by atoms with Gasteiger partial charge >= 0.3 is 6.18 Å². The van der Waals surface area contributed by atoms with E-state index in [1.54, 1.807) is 0 Å². The van der Waals surface area contributed by atoms with Crippen LogP contribution in [0.4, 0.5) is 19.0 Å². The van der Waals surface area contributed by atoms with Gasteiger partial charge in [-0.15, -0.1) is 0 Å². The number of hydrogen-bond donors (Lipinski definition) is 2. The van der Waals surface area contributed by atoms with Gasteiger partial charge in [-0.05, 0) is 54.2 Å². The molecule has 1 amide bonds. The molecular formula is C30H31F3N4O. The van der Waals surface area contributed by atoms with Crippen LogP contribution in [0.1, 0.15) is 66.3 Å². The first-order valence-electron chi connectivity index (χ1n) is 12.8. The van der Waals surface area contributed by atoms with Gasteiger partial charge < -0.3 is 10.6 Å². The Morgan fingerprint density at radius 3 is 2.39 bits per heavy atom. The zero-order valence-corrected chi connectivity index (χ0v) is 21.6. The number of halogens is 3. The number of hydrogen-bond acceptors (Lipinski definition) is 3. The lowest BCUT2D eigenvalue weighted by Crippen LogP contribution is -2.45. The number of benzene rings is 3. The van der Waals surface area contributed by atoms with Gasteiger partial charge in [0.05, 0.1) is 12.2 Å². The first-order chi connectivity index (χ1) is 18.0. The van der Waals surface area contributed by atoms with E-state index in [1.807, 2.05) is 81.4 Å². The van der Waals surface area contributed by atoms with Gasteiger partial charge in [-0.1, -0.05) is 73.7 Å². The second-order valence-corrected chi connectivity index (χ2v) is 10.6. The fraction of sp³-hybridized carbons (Fsp3) is 0.333. The molecule has 0 spiro atoms. The van der Waals surface area contributed by atoms with E-state index in [1.165, 1.54) is 6.20 Å². The molecule has 5 rings (SSSR count). The third-order valence-electron chi connectivity index (χ3n) is 7.19. The number of aryl methyl sites for hydroxylation is 1. The molecule has 5 nitrogen and oxygen atoms in total. The fourth-order valence-electron chi connectivity index (χ4n) is 5.21. The highest BCUT2D eigenvalue weighted by Crippen LogP contribution is 2.44. The maximum absolute atomic E-state index is 14.1. The van der Waals surface area contributed by atoms with E-state index >= 15 is 0 Å². The van der Waals surface area contributed by atoms with E-state index in [4.69, 9.17) is 0 Å². The third kappa shape index (κ3) is 5.26. The maximum Gasteiger partial charge on any atom is 0.410 e. The molecule has 198 valence electrons. The molecule has 0 saturated carbocycles. The van der Waals surface area contributed by atoms with Crippen LogP contribution < -0.4 is 10.6 Å². The van der Waals surface area contributed by atoms with Gasteiger partial charge in [-0.2, -0.15) is 18.3 Å². The lowest BCUT2D eigenvalue weighted by molar-refractivity contribution is -0.173. The summed E-state index contributed by atoms with van der Waals surface area (Å²) in [6.07, 6.45) is -2.09. The lowest BCUT2D eigenvalue weighted by Gasteiger charge is -2.34. The van der Waals surface area contributed by atoms with Gasteiger partial charge in [-0.3, -0.25) is 4.79 Å². The second kappa shape index (κ2) is 9.82. The molecule has 0 radical (unpaired) electrons. The summed E-state index contributed by atoms with van der Waals surface area (Å²) < 4.78 is 43.1. The van der Waals surface area contributed by atoms with Crippen molar-refractivity contribution in [2.45, 2.75) is 63.8 Å². The van der Waals surface area contributed by atoms with Crippen molar-refractivity contribution in [1.82, 2.24) is 15.1 Å². The summed E-state index contributed by atoms with van der Waals surface area (Å²) in [7, 11) is 0. The molecule has 2 unspecified atom stereocenters. The molecule has 1 aromatic heterocycles. The van der Waals surface area contributed by atoms with E-state index in [0.717, 1.165) is 38.6 Å². The summed E-state index contributed by atoms with van der Waals surface area (Å²) in [6.45, 7) is 5.83. The highest BCUT2D eigenvalue weighted by atomic mass is 19.4. The Bertz CT molecular complexity index is 1460. The van der Waals surface area contributed by atoms with Crippen molar-refractivity contribution < 1.29 is 18.0 Å². The third-order valence-corrected chi connectivity index (χ3v) is 7.19. The zero-order valence-electron chi connectivity index (χ0n) is 21.6. The molecule has 1 aliphatic rings. The molecule has 0 bridgehead atoms. The Labute approximate surface area is 220 Å². The lowest BCUT2D eigenvalue weighted by atomic mass is 9.93. The summed E-state index contributed by atoms with van der Waals surface area (Å²) >= 11 is 0. The van der Waals surface area contributed by atoms with E-state index in [9.17, 15) is 18.0 Å². The maximum atomic E-state index is 14.1. The highest BCUT2D eigenvalue weighted by Gasteiger charge is 2.47. The summed E-state index contributed by atoms with van der Waals surface area (Å²) in [5, 5.41) is 12.4. The van der Waals surface area contributed by atoms with E-state index in [2.05, 4.69) is 21.8 Å². The van der Waals surface area contributed by atoms with Gasteiger partial charge in [-0.25, -0.2) is 4.68 Å². The molecule has 2 N–H and O–H groups in total. The van der Waals surface area contributed by atoms with Gasteiger partial charge in [0.1, 0.15) is 11.4 Å². The Kier molecular flexibility index (Phi) is 6.67. The van der Waals surface area contributed by atoms with Gasteiger partial charge in [0.2, 0.25) is 0 Å². The summed E-state index contributed by atoms with van der Waals surface area (Å²) in [5.41, 5.74) is 2.35. The minimum atomic E-state index is -4.51. The fourth-order valence-corrected chi connectivity index (χ4v) is 5.21. The number of aromatic nitrogens is 2. The summed E-state index contributed by atoms with van der Waals surface area (Å²) in [6, 6.07) is 19.3. The Morgan fingerprint density at radius 1 is 1.03 bits per heavy atom. The van der Waals surface area contributed by atoms with Crippen LogP contribution >= 0.6 is 0 Å². The van der Waals surface area contributed by atoms with Crippen molar-refractivity contribution in [2.75, 3.05) is 5.32 Å². The van der Waals surface area contributed by atoms with Crippen molar-refractivity contribution in [3.05, 3.63) is 95.2 Å². The van der Waals surface area contributed by atoms with Crippen molar-refractivity contribution in [1.29, 1.82) is 0 Å². The normalized spacial score (nSPS) is 17.6. The molecular weight excluding hydrogens is 489 g/mol. The van der Waals surface area contributed by atoms with Crippen LogP contribution in [0.5, 0.6) is 0 Å². The molecule has 0 fully saturated rings. The van der Waals surface area contributed by atoms with E-state index in [-0.39, 0.29) is 17.8 Å². The predicted octanol–water partition coefficient (Wildman–Crippen LogP) is 7.01. The molecule has 8 heteroatoms. The minimum absolute atomic E-state index is 0.0853. The number of nitrogens with one attached hydrogen (secondary N) is 2. The Hall–Kier alpha value is -3.81. The first-order valence-corrected chi connectivity index (χ1v) is 12.8. The Balaban J connectivity index is 1.39. The molecule has 0 saturated heterocycles. The van der Waals surface area contributed by atoms with Crippen molar-refractivity contribution in [3.8, 4) is 0 Å². The first kappa shape index (κ1) is 25.8. The molecule has 2 heterocycles. The largest absolute Gasteiger partial charge is 0.410 e. The van der Waals surface area contributed by atoms with Crippen LogP contribution in [-0.2, 0) is 12.8 Å². The molecule has 1 aliphatic heterocycles. The number of rotatable bonds is 6. The summed E-state index contributed by atoms with van der Waals surface area (Å²) in [5.74, 6) is -0.380. The minimum Gasteiger partial charge on any atom is -0.363 e. The molecule has 38 heavy (non-hydrogen) atoms. The zero-order chi connectivity index (χ0) is 27.1. The number of carbonyl (C=O) groups is 1. The SMILES string of the molecule is CCc1ccc(C2CC(C(F)(F)F)n3ncc(C(=O)NC(C)(C)Cc4ccc5ccccc5c4)c3N2)cc1. The number of alkyl halides is 3. The quantitative estimate of drug-likeness (QED) is 0.288. The van der Waals surface area contributed by atoms with Gasteiger partial charge in [0.15, 0.2) is 6.04 Å². The van der Waals surface area contributed by atoms with E-state index < -0.39 is 29.7 Å². The Morgan fingerprint density at radius 2 is 1.71 bits per heavy atom. The number of anilines is 1. The molecule has 0 aliphatic carbocycles. The highest BCUT2D eigenvalue weighted by molar-refractivity contribution is 5.99. The number of carbonyl (C=O) groups excluding carboxylic acids is 1. The molecule has 2 atom stereocenters. The van der Waals surface area contributed by atoms with Crippen LogP contribution in [0.15, 0.2) is 72.9 Å². The predicted molar refractivity (Wildman–Crippen MR) is 143 cm³/mol. The second-order valence-electron chi connectivity index (χ2n) is 10.6. The average Bonchev–Trinajstić information content (AvgIpc) is 3.31. The van der Waals surface area contributed by atoms with Gasteiger partial charge in [0.25, 0.3) is 5.91 Å². The standard InChI is InChI=1S/C30H31F3N4O/c1-4-19-9-13-22(14-10-19)25-16-26(30(31,32)33)37-27(35-25)24(18-34-37)28(38)36-29(2,3)17-20-11-12-21-7-5-6-8-23(21)15-20/h5-15,18,25-26,35H,4,16-17H2,1-3H3,(H,36,38).